The van der Waals surface area contributed by atoms with Crippen LogP contribution in [0.2, 0.25) is 0 Å². The molecule has 3 aromatic carbocycles. The van der Waals surface area contributed by atoms with E-state index in [1.165, 1.54) is 0 Å². The molecular formula is C33H35ClN4O6S2. The SMILES string of the molecule is COc1cc2cc(C(=O)N3C[C@@H](CCl)c4c3cc(OC(=O)N3CCN(C)[C@@H]5CSSC[C@@H]53)c3ccccc43)[nH]c2c(OC)c1OC. The number of piperazine rings is 1. The van der Waals surface area contributed by atoms with Crippen LogP contribution in [0.15, 0.2) is 42.5 Å². The molecule has 1 N–H and O–H groups in total. The Balaban J connectivity index is 1.27. The van der Waals surface area contributed by atoms with E-state index in [4.69, 9.17) is 30.5 Å². The number of H-pyrrole nitrogens is 1. The highest BCUT2D eigenvalue weighted by Gasteiger charge is 2.41. The second-order valence-electron chi connectivity index (χ2n) is 11.7. The van der Waals surface area contributed by atoms with Gasteiger partial charge >= 0.3 is 6.09 Å². The summed E-state index contributed by atoms with van der Waals surface area (Å²) < 4.78 is 23.0. The summed E-state index contributed by atoms with van der Waals surface area (Å²) in [6, 6.07) is 13.6. The maximum atomic E-state index is 14.3. The Bertz CT molecular complexity index is 1840. The van der Waals surface area contributed by atoms with Crippen molar-refractivity contribution in [2.45, 2.75) is 18.0 Å². The number of anilines is 1. The van der Waals surface area contributed by atoms with Crippen molar-refractivity contribution in [2.24, 2.45) is 0 Å². The Kier molecular flexibility index (Phi) is 8.56. The lowest BCUT2D eigenvalue weighted by Crippen LogP contribution is -2.63. The molecule has 1 aromatic heterocycles. The van der Waals surface area contributed by atoms with Crippen LogP contribution in [0.25, 0.3) is 21.7 Å². The lowest BCUT2D eigenvalue weighted by atomic mass is 9.95. The summed E-state index contributed by atoms with van der Waals surface area (Å²) in [6.45, 7) is 1.78. The van der Waals surface area contributed by atoms with Gasteiger partial charge in [0.05, 0.1) is 38.6 Å². The number of hydrogen-bond acceptors (Lipinski definition) is 9. The number of amides is 2. The number of aromatic amines is 1. The molecule has 242 valence electrons. The number of hydrogen-bond donors (Lipinski definition) is 1. The van der Waals surface area contributed by atoms with Crippen molar-refractivity contribution in [3.63, 3.8) is 0 Å². The summed E-state index contributed by atoms with van der Waals surface area (Å²) in [5.41, 5.74) is 2.64. The van der Waals surface area contributed by atoms with E-state index in [0.717, 1.165) is 39.8 Å². The lowest BCUT2D eigenvalue weighted by molar-refractivity contribution is 0.0588. The number of fused-ring (bicyclic) bond motifs is 5. The van der Waals surface area contributed by atoms with E-state index >= 15 is 0 Å². The molecule has 2 fully saturated rings. The number of nitrogens with zero attached hydrogens (tertiary/aromatic N) is 3. The third kappa shape index (κ3) is 5.10. The van der Waals surface area contributed by atoms with Gasteiger partial charge in [-0.1, -0.05) is 45.9 Å². The van der Waals surface area contributed by atoms with E-state index < -0.39 is 0 Å². The zero-order valence-corrected chi connectivity index (χ0v) is 28.4. The summed E-state index contributed by atoms with van der Waals surface area (Å²) in [7, 11) is 10.4. The first-order valence-electron chi connectivity index (χ1n) is 15.1. The summed E-state index contributed by atoms with van der Waals surface area (Å²) in [6.07, 6.45) is -0.365. The number of aromatic nitrogens is 1. The molecule has 2 amide bonds. The summed E-state index contributed by atoms with van der Waals surface area (Å²) >= 11 is 6.54. The molecule has 10 nitrogen and oxygen atoms in total. The Morgan fingerprint density at radius 2 is 1.67 bits per heavy atom. The molecule has 4 aromatic rings. The van der Waals surface area contributed by atoms with Gasteiger partial charge in [-0.2, -0.15) is 0 Å². The zero-order chi connectivity index (χ0) is 32.1. The molecule has 0 saturated carbocycles. The predicted octanol–water partition coefficient (Wildman–Crippen LogP) is 6.21. The fourth-order valence-electron chi connectivity index (χ4n) is 6.97. The number of halogens is 1. The molecule has 46 heavy (non-hydrogen) atoms. The number of rotatable bonds is 6. The standard InChI is InChI=1S/C33H35ClN4O6S2/c1-36-9-10-37(25-17-46-45-16-24(25)36)33(40)44-26-13-23-28(21-8-6-5-7-20(21)26)19(14-34)15-38(23)32(39)22-11-18-12-27(41-2)30(42-3)31(43-4)29(18)35-22/h5-8,11-13,19,24-25,35H,9-10,14-17H2,1-4H3/t19-,24-,25+/m1/s1. The third-order valence-electron chi connectivity index (χ3n) is 9.31. The molecule has 3 atom stereocenters. The number of carbonyl (C=O) groups excluding carboxylic acids is 2. The van der Waals surface area contributed by atoms with Gasteiger partial charge in [0.25, 0.3) is 5.91 Å². The molecule has 0 spiro atoms. The van der Waals surface area contributed by atoms with E-state index in [1.807, 2.05) is 46.0 Å². The van der Waals surface area contributed by atoms with E-state index in [0.29, 0.717) is 58.9 Å². The van der Waals surface area contributed by atoms with Gasteiger partial charge in [-0.25, -0.2) is 4.79 Å². The van der Waals surface area contributed by atoms with Crippen molar-refractivity contribution in [3.05, 3.63) is 53.7 Å². The molecule has 0 radical (unpaired) electrons. The first kappa shape index (κ1) is 31.2. The number of benzene rings is 3. The highest BCUT2D eigenvalue weighted by Crippen LogP contribution is 2.47. The van der Waals surface area contributed by atoms with Crippen molar-refractivity contribution >= 4 is 72.6 Å². The predicted molar refractivity (Wildman–Crippen MR) is 185 cm³/mol. The van der Waals surface area contributed by atoms with Crippen molar-refractivity contribution in [2.75, 3.05) is 70.3 Å². The van der Waals surface area contributed by atoms with Gasteiger partial charge in [-0.15, -0.1) is 11.6 Å². The molecule has 3 aliphatic rings. The van der Waals surface area contributed by atoms with Crippen LogP contribution in [0.4, 0.5) is 10.5 Å². The normalized spacial score (nSPS) is 21.3. The monoisotopic (exact) mass is 682 g/mol. The van der Waals surface area contributed by atoms with E-state index in [-0.39, 0.29) is 30.0 Å². The van der Waals surface area contributed by atoms with Crippen molar-refractivity contribution in [1.82, 2.24) is 14.8 Å². The third-order valence-corrected chi connectivity index (χ3v) is 12.1. The van der Waals surface area contributed by atoms with Crippen LogP contribution in [-0.2, 0) is 0 Å². The molecule has 2 saturated heterocycles. The highest BCUT2D eigenvalue weighted by atomic mass is 35.5. The van der Waals surface area contributed by atoms with E-state index in [9.17, 15) is 9.59 Å². The smallest absolute Gasteiger partial charge is 0.415 e. The number of methoxy groups -OCH3 is 3. The second-order valence-corrected chi connectivity index (χ2v) is 14.5. The fraction of sp³-hybridized carbons (Fsp3) is 0.394. The van der Waals surface area contributed by atoms with Crippen LogP contribution >= 0.6 is 33.2 Å². The fourth-order valence-corrected chi connectivity index (χ4v) is 9.99. The van der Waals surface area contributed by atoms with Gasteiger partial charge in [-0.05, 0) is 30.1 Å². The van der Waals surface area contributed by atoms with Gasteiger partial charge in [0.15, 0.2) is 11.5 Å². The Labute approximate surface area is 280 Å². The first-order chi connectivity index (χ1) is 22.4. The molecule has 13 heteroatoms. The van der Waals surface area contributed by atoms with Gasteiger partial charge in [-0.3, -0.25) is 9.69 Å². The van der Waals surface area contributed by atoms with Crippen molar-refractivity contribution in [1.29, 1.82) is 0 Å². The number of carbonyl (C=O) groups is 2. The largest absolute Gasteiger partial charge is 0.493 e. The molecule has 3 aliphatic heterocycles. The average molecular weight is 683 g/mol. The van der Waals surface area contributed by atoms with Gasteiger partial charge in [0.1, 0.15) is 11.4 Å². The van der Waals surface area contributed by atoms with Gasteiger partial charge < -0.3 is 33.7 Å². The van der Waals surface area contributed by atoms with Crippen LogP contribution < -0.4 is 23.8 Å². The molecule has 7 rings (SSSR count). The number of alkyl halides is 1. The van der Waals surface area contributed by atoms with Crippen LogP contribution in [-0.4, -0.2) is 104 Å². The number of likely N-dealkylation sites (N-methyl/N-ethyl adjacent to an activating group) is 1. The number of nitrogens with one attached hydrogen (secondary N) is 1. The summed E-state index contributed by atoms with van der Waals surface area (Å²) in [5.74, 6) is 3.59. The lowest BCUT2D eigenvalue weighted by Gasteiger charge is -2.47. The minimum absolute atomic E-state index is 0.0770. The highest BCUT2D eigenvalue weighted by molar-refractivity contribution is 8.76. The van der Waals surface area contributed by atoms with Crippen LogP contribution in [0.1, 0.15) is 22.0 Å². The van der Waals surface area contributed by atoms with Crippen molar-refractivity contribution < 1.29 is 28.5 Å². The summed E-state index contributed by atoms with van der Waals surface area (Å²) in [4.78, 5) is 37.3. The topological polar surface area (TPSA) is 96.6 Å². The minimum atomic E-state index is -0.365. The van der Waals surface area contributed by atoms with Crippen LogP contribution in [0.3, 0.4) is 0 Å². The first-order valence-corrected chi connectivity index (χ1v) is 18.1. The zero-order valence-electron chi connectivity index (χ0n) is 26.0. The van der Waals surface area contributed by atoms with Gasteiger partial charge in [0, 0.05) is 65.8 Å². The summed E-state index contributed by atoms with van der Waals surface area (Å²) in [5, 5.41) is 2.47. The molecule has 4 heterocycles. The Hall–Kier alpha value is -3.45. The molecular weight excluding hydrogens is 648 g/mol. The Morgan fingerprint density at radius 3 is 2.39 bits per heavy atom. The maximum absolute atomic E-state index is 14.3. The quantitative estimate of drug-likeness (QED) is 0.188. The van der Waals surface area contributed by atoms with Crippen molar-refractivity contribution in [3.8, 4) is 23.0 Å². The molecule has 0 aliphatic carbocycles. The number of ether oxygens (including phenoxy) is 4. The second kappa shape index (κ2) is 12.6. The molecule has 0 unspecified atom stereocenters. The van der Waals surface area contributed by atoms with Gasteiger partial charge in [0.2, 0.25) is 5.75 Å². The minimum Gasteiger partial charge on any atom is -0.493 e. The maximum Gasteiger partial charge on any atom is 0.415 e. The molecule has 0 bridgehead atoms. The van der Waals surface area contributed by atoms with Crippen LogP contribution in [0, 0.1) is 0 Å². The average Bonchev–Trinajstić information content (AvgIpc) is 3.69. The Morgan fingerprint density at radius 1 is 0.935 bits per heavy atom. The van der Waals surface area contributed by atoms with E-state index in [2.05, 4.69) is 16.9 Å². The van der Waals surface area contributed by atoms with Crippen LogP contribution in [0.5, 0.6) is 23.0 Å². The van der Waals surface area contributed by atoms with E-state index in [1.54, 1.807) is 49.2 Å².